The smallest absolute Gasteiger partial charge is 0.320 e. The van der Waals surface area contributed by atoms with Gasteiger partial charge < -0.3 is 16.2 Å². The first-order valence-corrected chi connectivity index (χ1v) is 4.77. The van der Waals surface area contributed by atoms with Crippen molar-refractivity contribution in [2.45, 2.75) is 44.7 Å². The van der Waals surface area contributed by atoms with Gasteiger partial charge in [0.05, 0.1) is 0 Å². The molecule has 4 heteroatoms. The van der Waals surface area contributed by atoms with Crippen LogP contribution in [0.3, 0.4) is 0 Å². The molecule has 0 aliphatic heterocycles. The number of carboxylic acids is 1. The van der Waals surface area contributed by atoms with Gasteiger partial charge in [0, 0.05) is 6.04 Å². The summed E-state index contributed by atoms with van der Waals surface area (Å²) in [5.74, 6) is -0.911. The van der Waals surface area contributed by atoms with Gasteiger partial charge in [-0.15, -0.1) is 0 Å². The number of hydrogen-bond acceptors (Lipinski definition) is 3. The molecule has 0 spiro atoms. The van der Waals surface area contributed by atoms with E-state index in [1.807, 2.05) is 7.05 Å². The van der Waals surface area contributed by atoms with Gasteiger partial charge in [-0.2, -0.15) is 0 Å². The van der Waals surface area contributed by atoms with Gasteiger partial charge in [0.15, 0.2) is 0 Å². The number of carbonyl (C=O) groups is 1. The third kappa shape index (κ3) is 5.60. The Hall–Kier alpha value is -0.610. The Labute approximate surface area is 79.5 Å². The molecule has 0 fully saturated rings. The first kappa shape index (κ1) is 12.4. The number of aliphatic carboxylic acids is 1. The molecule has 78 valence electrons. The van der Waals surface area contributed by atoms with Crippen molar-refractivity contribution in [2.24, 2.45) is 5.73 Å². The van der Waals surface area contributed by atoms with Crippen molar-refractivity contribution in [3.05, 3.63) is 0 Å². The number of carboxylic acid groups (broad SMARTS) is 1. The highest BCUT2D eigenvalue weighted by Crippen LogP contribution is 2.05. The molecule has 13 heavy (non-hydrogen) atoms. The van der Waals surface area contributed by atoms with Crippen molar-refractivity contribution in [2.75, 3.05) is 7.05 Å². The van der Waals surface area contributed by atoms with Crippen molar-refractivity contribution in [1.29, 1.82) is 0 Å². The lowest BCUT2D eigenvalue weighted by atomic mass is 10.0. The minimum Gasteiger partial charge on any atom is -0.480 e. The topological polar surface area (TPSA) is 75.4 Å². The highest BCUT2D eigenvalue weighted by atomic mass is 16.4. The summed E-state index contributed by atoms with van der Waals surface area (Å²) in [7, 11) is 1.90. The lowest BCUT2D eigenvalue weighted by Gasteiger charge is -2.16. The lowest BCUT2D eigenvalue weighted by molar-refractivity contribution is -0.138. The highest BCUT2D eigenvalue weighted by Gasteiger charge is 2.13. The maximum Gasteiger partial charge on any atom is 0.320 e. The Morgan fingerprint density at radius 1 is 1.46 bits per heavy atom. The Balaban J connectivity index is 3.64. The Morgan fingerprint density at radius 3 is 2.46 bits per heavy atom. The maximum atomic E-state index is 10.4. The maximum absolute atomic E-state index is 10.4. The monoisotopic (exact) mass is 188 g/mol. The van der Waals surface area contributed by atoms with Crippen LogP contribution in [0.25, 0.3) is 0 Å². The van der Waals surface area contributed by atoms with Crippen LogP contribution in [-0.2, 0) is 4.79 Å². The van der Waals surface area contributed by atoms with E-state index < -0.39 is 12.0 Å². The first-order valence-electron chi connectivity index (χ1n) is 4.77. The molecule has 0 saturated heterocycles. The van der Waals surface area contributed by atoms with Crippen LogP contribution < -0.4 is 11.1 Å². The quantitative estimate of drug-likeness (QED) is 0.546. The van der Waals surface area contributed by atoms with E-state index in [-0.39, 0.29) is 0 Å². The van der Waals surface area contributed by atoms with Crippen LogP contribution in [0, 0.1) is 0 Å². The number of hydrogen-bond donors (Lipinski definition) is 3. The van der Waals surface area contributed by atoms with E-state index in [2.05, 4.69) is 12.2 Å². The van der Waals surface area contributed by atoms with E-state index in [0.29, 0.717) is 12.5 Å². The van der Waals surface area contributed by atoms with Gasteiger partial charge in [-0.25, -0.2) is 0 Å². The van der Waals surface area contributed by atoms with E-state index in [4.69, 9.17) is 10.8 Å². The van der Waals surface area contributed by atoms with Gasteiger partial charge in [-0.1, -0.05) is 13.3 Å². The highest BCUT2D eigenvalue weighted by molar-refractivity contribution is 5.72. The third-order valence-electron chi connectivity index (χ3n) is 2.19. The van der Waals surface area contributed by atoms with E-state index in [1.165, 1.54) is 0 Å². The van der Waals surface area contributed by atoms with Crippen molar-refractivity contribution in [3.8, 4) is 0 Å². The summed E-state index contributed by atoms with van der Waals surface area (Å²) in [5, 5.41) is 11.7. The van der Waals surface area contributed by atoms with Crippen LogP contribution in [-0.4, -0.2) is 30.2 Å². The molecule has 0 rings (SSSR count). The molecule has 0 radical (unpaired) electrons. The normalized spacial score (nSPS) is 15.3. The molecular weight excluding hydrogens is 168 g/mol. The average molecular weight is 188 g/mol. The van der Waals surface area contributed by atoms with Gasteiger partial charge >= 0.3 is 5.97 Å². The van der Waals surface area contributed by atoms with Crippen LogP contribution in [0.5, 0.6) is 0 Å². The molecule has 0 aromatic heterocycles. The van der Waals surface area contributed by atoms with Crippen LogP contribution in [0.2, 0.25) is 0 Å². The summed E-state index contributed by atoms with van der Waals surface area (Å²) >= 11 is 0. The molecule has 0 aliphatic carbocycles. The second kappa shape index (κ2) is 6.86. The van der Waals surface area contributed by atoms with Gasteiger partial charge in [0.25, 0.3) is 0 Å². The van der Waals surface area contributed by atoms with E-state index in [1.54, 1.807) is 0 Å². The summed E-state index contributed by atoms with van der Waals surface area (Å²) in [5.41, 5.74) is 5.39. The molecule has 0 aromatic carbocycles. The number of rotatable bonds is 7. The fourth-order valence-electron chi connectivity index (χ4n) is 1.29. The van der Waals surface area contributed by atoms with Crippen LogP contribution in [0.4, 0.5) is 0 Å². The zero-order valence-corrected chi connectivity index (χ0v) is 8.42. The van der Waals surface area contributed by atoms with E-state index in [9.17, 15) is 4.79 Å². The lowest BCUT2D eigenvalue weighted by Crippen LogP contribution is -2.33. The van der Waals surface area contributed by atoms with Crippen molar-refractivity contribution >= 4 is 5.97 Å². The van der Waals surface area contributed by atoms with Gasteiger partial charge in [-0.3, -0.25) is 4.79 Å². The summed E-state index contributed by atoms with van der Waals surface area (Å²) < 4.78 is 0. The molecule has 0 heterocycles. The molecule has 0 saturated carbocycles. The van der Waals surface area contributed by atoms with Crippen LogP contribution >= 0.6 is 0 Å². The standard InChI is InChI=1S/C9H20N2O2/c1-3-4-7(11-2)5-6-8(10)9(12)13/h7-8,11H,3-6,10H2,1-2H3,(H,12,13). The minimum atomic E-state index is -0.911. The Bertz CT molecular complexity index is 151. The van der Waals surface area contributed by atoms with E-state index in [0.717, 1.165) is 19.3 Å². The predicted octanol–water partition coefficient (Wildman–Crippen LogP) is 0.567. The Morgan fingerprint density at radius 2 is 2.08 bits per heavy atom. The molecule has 4 N–H and O–H groups in total. The minimum absolute atomic E-state index is 0.399. The first-order chi connectivity index (χ1) is 6.11. The van der Waals surface area contributed by atoms with Crippen molar-refractivity contribution in [1.82, 2.24) is 5.32 Å². The molecule has 4 nitrogen and oxygen atoms in total. The van der Waals surface area contributed by atoms with Crippen LogP contribution in [0.15, 0.2) is 0 Å². The summed E-state index contributed by atoms with van der Waals surface area (Å²) in [6.45, 7) is 2.11. The zero-order chi connectivity index (χ0) is 10.3. The second-order valence-corrected chi connectivity index (χ2v) is 3.30. The summed E-state index contributed by atoms with van der Waals surface area (Å²) in [6, 6.07) is -0.317. The Kier molecular flexibility index (Phi) is 6.54. The fourth-order valence-corrected chi connectivity index (χ4v) is 1.29. The molecule has 0 aliphatic rings. The average Bonchev–Trinajstić information content (AvgIpc) is 2.11. The van der Waals surface area contributed by atoms with Crippen molar-refractivity contribution in [3.63, 3.8) is 0 Å². The SMILES string of the molecule is CCCC(CCC(N)C(=O)O)NC. The molecule has 0 bridgehead atoms. The molecule has 2 atom stereocenters. The molecule has 0 amide bonds. The van der Waals surface area contributed by atoms with Gasteiger partial charge in [0.1, 0.15) is 6.04 Å². The number of nitrogens with one attached hydrogen (secondary N) is 1. The molecular formula is C9H20N2O2. The zero-order valence-electron chi connectivity index (χ0n) is 8.42. The van der Waals surface area contributed by atoms with Crippen molar-refractivity contribution < 1.29 is 9.90 Å². The van der Waals surface area contributed by atoms with Gasteiger partial charge in [-0.05, 0) is 26.3 Å². The van der Waals surface area contributed by atoms with Crippen LogP contribution in [0.1, 0.15) is 32.6 Å². The molecule has 2 unspecified atom stereocenters. The largest absolute Gasteiger partial charge is 0.480 e. The summed E-state index contributed by atoms with van der Waals surface area (Å²) in [4.78, 5) is 10.4. The summed E-state index contributed by atoms with van der Waals surface area (Å²) in [6.07, 6.45) is 3.55. The fraction of sp³-hybridized carbons (Fsp3) is 0.889. The third-order valence-corrected chi connectivity index (χ3v) is 2.19. The predicted molar refractivity (Wildman–Crippen MR) is 52.6 cm³/mol. The van der Waals surface area contributed by atoms with Gasteiger partial charge in [0.2, 0.25) is 0 Å². The number of nitrogens with two attached hydrogens (primary N) is 1. The second-order valence-electron chi connectivity index (χ2n) is 3.30. The molecule has 0 aromatic rings. The van der Waals surface area contributed by atoms with E-state index >= 15 is 0 Å².